The predicted octanol–water partition coefficient (Wildman–Crippen LogP) is 1.55. The number of aliphatic hydroxyl groups excluding tert-OH is 1. The molecule has 1 unspecified atom stereocenters. The third-order valence-electron chi connectivity index (χ3n) is 2.60. The van der Waals surface area contributed by atoms with Crippen LogP contribution in [0.4, 0.5) is 0 Å². The molecule has 0 amide bonds. The number of halogens is 1. The normalized spacial score (nSPS) is 22.5. The Morgan fingerprint density at radius 2 is 2.06 bits per heavy atom. The van der Waals surface area contributed by atoms with Gasteiger partial charge in [0.15, 0.2) is 0 Å². The van der Waals surface area contributed by atoms with Crippen LogP contribution >= 0.6 is 15.9 Å². The fraction of sp³-hybridized carbons (Fsp3) is 0.400. The zero-order chi connectivity index (χ0) is 11.8. The minimum absolute atomic E-state index is 0.205. The monoisotopic (exact) mass is 305 g/mol. The Morgan fingerprint density at radius 1 is 1.38 bits per heavy atom. The van der Waals surface area contributed by atoms with Gasteiger partial charge in [0.05, 0.1) is 4.90 Å². The molecule has 0 aliphatic carbocycles. The summed E-state index contributed by atoms with van der Waals surface area (Å²) >= 11 is 3.21. The quantitative estimate of drug-likeness (QED) is 0.902. The molecule has 1 saturated heterocycles. The van der Waals surface area contributed by atoms with E-state index in [-0.39, 0.29) is 4.90 Å². The van der Waals surface area contributed by atoms with Crippen LogP contribution in [0.1, 0.15) is 12.8 Å². The first-order valence-corrected chi connectivity index (χ1v) is 7.21. The summed E-state index contributed by atoms with van der Waals surface area (Å²) in [5, 5.41) is 9.61. The average molecular weight is 306 g/mol. The first-order chi connectivity index (χ1) is 7.53. The van der Waals surface area contributed by atoms with Crippen molar-refractivity contribution in [2.24, 2.45) is 0 Å². The van der Waals surface area contributed by atoms with E-state index in [1.165, 1.54) is 6.07 Å². The summed E-state index contributed by atoms with van der Waals surface area (Å²) in [7, 11) is -3.58. The molecule has 0 spiro atoms. The smallest absolute Gasteiger partial charge is 0.246 e. The van der Waals surface area contributed by atoms with Gasteiger partial charge in [-0.15, -0.1) is 0 Å². The van der Waals surface area contributed by atoms with E-state index in [0.29, 0.717) is 23.9 Å². The third-order valence-corrected chi connectivity index (χ3v) is 5.51. The molecule has 2 rings (SSSR count). The number of hydrogen-bond donors (Lipinski definition) is 1. The molecule has 0 bridgehead atoms. The molecule has 16 heavy (non-hydrogen) atoms. The summed E-state index contributed by atoms with van der Waals surface area (Å²) in [5.41, 5.74) is 0. The Balaban J connectivity index is 2.43. The minimum Gasteiger partial charge on any atom is -0.377 e. The molecule has 1 aromatic carbocycles. The fourth-order valence-corrected chi connectivity index (χ4v) is 4.29. The molecule has 0 radical (unpaired) electrons. The van der Waals surface area contributed by atoms with Crippen molar-refractivity contribution in [3.8, 4) is 0 Å². The molecule has 0 aromatic heterocycles. The van der Waals surface area contributed by atoms with Gasteiger partial charge in [-0.25, -0.2) is 8.42 Å². The first kappa shape index (κ1) is 12.0. The second kappa shape index (κ2) is 4.44. The van der Waals surface area contributed by atoms with Crippen LogP contribution in [0.2, 0.25) is 0 Å². The maximum absolute atomic E-state index is 12.2. The predicted molar refractivity (Wildman–Crippen MR) is 63.3 cm³/mol. The lowest BCUT2D eigenvalue weighted by Gasteiger charge is -2.20. The molecule has 0 saturated carbocycles. The topological polar surface area (TPSA) is 57.6 Å². The lowest BCUT2D eigenvalue weighted by atomic mass is 10.4. The van der Waals surface area contributed by atoms with E-state index in [2.05, 4.69) is 15.9 Å². The summed E-state index contributed by atoms with van der Waals surface area (Å²) in [4.78, 5) is 0.205. The Bertz CT molecular complexity index is 489. The number of sulfonamides is 1. The molecule has 1 aliphatic heterocycles. The van der Waals surface area contributed by atoms with Gasteiger partial charge in [-0.1, -0.05) is 12.1 Å². The van der Waals surface area contributed by atoms with Gasteiger partial charge >= 0.3 is 0 Å². The van der Waals surface area contributed by atoms with E-state index < -0.39 is 16.3 Å². The summed E-state index contributed by atoms with van der Waals surface area (Å²) in [6.07, 6.45) is 0.311. The van der Waals surface area contributed by atoms with Crippen LogP contribution in [0.15, 0.2) is 33.6 Å². The highest BCUT2D eigenvalue weighted by atomic mass is 79.9. The average Bonchev–Trinajstić information content (AvgIpc) is 2.65. The maximum atomic E-state index is 12.2. The Labute approximate surface area is 103 Å². The molecule has 88 valence electrons. The summed E-state index contributed by atoms with van der Waals surface area (Å²) in [6, 6.07) is 6.63. The van der Waals surface area contributed by atoms with E-state index in [9.17, 15) is 13.5 Å². The van der Waals surface area contributed by atoms with Crippen molar-refractivity contribution in [3.63, 3.8) is 0 Å². The molecule has 4 nitrogen and oxygen atoms in total. The van der Waals surface area contributed by atoms with E-state index >= 15 is 0 Å². The lowest BCUT2D eigenvalue weighted by molar-refractivity contribution is 0.0949. The van der Waals surface area contributed by atoms with Gasteiger partial charge in [0.25, 0.3) is 0 Å². The number of hydrogen-bond acceptors (Lipinski definition) is 3. The van der Waals surface area contributed by atoms with Gasteiger partial charge in [0.2, 0.25) is 10.0 Å². The molecular formula is C10H12BrNO3S. The van der Waals surface area contributed by atoms with Gasteiger partial charge in [-0.05, 0) is 40.9 Å². The number of nitrogens with zero attached hydrogens (tertiary/aromatic N) is 1. The third kappa shape index (κ3) is 2.02. The SMILES string of the molecule is O=S(=O)(c1ccccc1Br)N1CCCC1O. The van der Waals surface area contributed by atoms with Gasteiger partial charge < -0.3 is 5.11 Å². The molecule has 1 heterocycles. The van der Waals surface area contributed by atoms with Gasteiger partial charge in [-0.3, -0.25) is 0 Å². The molecule has 1 N–H and O–H groups in total. The van der Waals surface area contributed by atoms with Crippen LogP contribution in [0.3, 0.4) is 0 Å². The van der Waals surface area contributed by atoms with Crippen molar-refractivity contribution in [3.05, 3.63) is 28.7 Å². The number of rotatable bonds is 2. The minimum atomic E-state index is -3.58. The highest BCUT2D eigenvalue weighted by Gasteiger charge is 2.34. The van der Waals surface area contributed by atoms with Crippen LogP contribution in [-0.2, 0) is 10.0 Å². The number of aliphatic hydroxyl groups is 1. The second-order valence-electron chi connectivity index (χ2n) is 3.67. The van der Waals surface area contributed by atoms with E-state index in [4.69, 9.17) is 0 Å². The first-order valence-electron chi connectivity index (χ1n) is 4.98. The highest BCUT2D eigenvalue weighted by molar-refractivity contribution is 9.10. The van der Waals surface area contributed by atoms with Crippen LogP contribution in [0.25, 0.3) is 0 Å². The van der Waals surface area contributed by atoms with Crippen LogP contribution in [0.5, 0.6) is 0 Å². The zero-order valence-electron chi connectivity index (χ0n) is 8.51. The second-order valence-corrected chi connectivity index (χ2v) is 6.38. The zero-order valence-corrected chi connectivity index (χ0v) is 10.9. The van der Waals surface area contributed by atoms with Crippen molar-refractivity contribution in [2.45, 2.75) is 24.0 Å². The van der Waals surface area contributed by atoms with Crippen LogP contribution in [0, 0.1) is 0 Å². The maximum Gasteiger partial charge on any atom is 0.246 e. The van der Waals surface area contributed by atoms with Gasteiger partial charge in [0, 0.05) is 11.0 Å². The summed E-state index contributed by atoms with van der Waals surface area (Å²) < 4.78 is 26.1. The Kier molecular flexibility index (Phi) is 3.34. The van der Waals surface area contributed by atoms with Gasteiger partial charge in [-0.2, -0.15) is 4.31 Å². The van der Waals surface area contributed by atoms with Crippen molar-refractivity contribution >= 4 is 26.0 Å². The van der Waals surface area contributed by atoms with Crippen molar-refractivity contribution < 1.29 is 13.5 Å². The van der Waals surface area contributed by atoms with E-state index in [1.54, 1.807) is 18.2 Å². The standard InChI is InChI=1S/C10H12BrNO3S/c11-8-4-1-2-5-9(8)16(14,15)12-7-3-6-10(12)13/h1-2,4-5,10,13H,3,6-7H2. The molecule has 1 atom stereocenters. The summed E-state index contributed by atoms with van der Waals surface area (Å²) in [5.74, 6) is 0. The Morgan fingerprint density at radius 3 is 2.62 bits per heavy atom. The highest BCUT2D eigenvalue weighted by Crippen LogP contribution is 2.29. The molecular weight excluding hydrogens is 294 g/mol. The molecule has 1 aliphatic rings. The fourth-order valence-electron chi connectivity index (χ4n) is 1.78. The molecule has 1 fully saturated rings. The van der Waals surface area contributed by atoms with Crippen molar-refractivity contribution in [1.29, 1.82) is 0 Å². The largest absolute Gasteiger partial charge is 0.377 e. The van der Waals surface area contributed by atoms with Crippen molar-refractivity contribution in [1.82, 2.24) is 4.31 Å². The summed E-state index contributed by atoms with van der Waals surface area (Å²) in [6.45, 7) is 0.380. The molecule has 1 aromatic rings. The number of benzene rings is 1. The van der Waals surface area contributed by atoms with E-state index in [1.807, 2.05) is 0 Å². The van der Waals surface area contributed by atoms with Crippen LogP contribution < -0.4 is 0 Å². The lowest BCUT2D eigenvalue weighted by Crippen LogP contribution is -2.35. The van der Waals surface area contributed by atoms with Crippen LogP contribution in [-0.4, -0.2) is 30.6 Å². The van der Waals surface area contributed by atoms with E-state index in [0.717, 1.165) is 4.31 Å². The van der Waals surface area contributed by atoms with Gasteiger partial charge in [0.1, 0.15) is 6.23 Å². The Hall–Kier alpha value is -0.430. The van der Waals surface area contributed by atoms with Crippen molar-refractivity contribution in [2.75, 3.05) is 6.54 Å². The molecule has 6 heteroatoms.